The van der Waals surface area contributed by atoms with Gasteiger partial charge in [0.05, 0.1) is 0 Å². The molecule has 1 aromatic rings. The minimum Gasteiger partial charge on any atom is -0.318 e. The molecule has 0 saturated carbocycles. The first-order valence-corrected chi connectivity index (χ1v) is 7.71. The highest BCUT2D eigenvalue weighted by atomic mass is 32.2. The van der Waals surface area contributed by atoms with Gasteiger partial charge in [0.15, 0.2) is 0 Å². The normalized spacial score (nSPS) is 12.1. The van der Waals surface area contributed by atoms with Gasteiger partial charge < -0.3 is 5.32 Å². The average Bonchev–Trinajstić information content (AvgIpc) is 2.36. The number of likely N-dealkylation sites (N-methyl/N-ethyl adjacent to an activating group) is 2. The number of hydrogen-bond acceptors (Lipinski definition) is 3. The van der Waals surface area contributed by atoms with Gasteiger partial charge in [0.2, 0.25) is 0 Å². The first-order chi connectivity index (χ1) is 8.49. The van der Waals surface area contributed by atoms with Crippen LogP contribution in [0.5, 0.6) is 0 Å². The Morgan fingerprint density at radius 1 is 1.22 bits per heavy atom. The van der Waals surface area contributed by atoms with Crippen LogP contribution in [0.4, 0.5) is 0 Å². The van der Waals surface area contributed by atoms with Crippen LogP contribution in [0.15, 0.2) is 29.2 Å². The molecule has 0 aliphatic heterocycles. The second-order valence-corrected chi connectivity index (χ2v) is 6.24. The van der Waals surface area contributed by atoms with Crippen molar-refractivity contribution >= 4 is 11.8 Å². The first kappa shape index (κ1) is 15.5. The number of thioether (sulfide) groups is 1. The van der Waals surface area contributed by atoms with Gasteiger partial charge in [-0.2, -0.15) is 0 Å². The summed E-state index contributed by atoms with van der Waals surface area (Å²) < 4.78 is 0. The largest absolute Gasteiger partial charge is 0.318 e. The molecule has 0 atom stereocenters. The Balaban J connectivity index is 2.48. The van der Waals surface area contributed by atoms with Crippen LogP contribution in [0.2, 0.25) is 0 Å². The Bertz CT molecular complexity index is 346. The molecule has 0 spiro atoms. The zero-order valence-corrected chi connectivity index (χ0v) is 13.1. The lowest BCUT2D eigenvalue weighted by Crippen LogP contribution is -2.48. The Hall–Kier alpha value is -0.510. The molecule has 0 fully saturated rings. The third-order valence-corrected chi connectivity index (χ3v) is 4.28. The molecular formula is C15H26N2S. The molecule has 0 heterocycles. The number of benzene rings is 1. The summed E-state index contributed by atoms with van der Waals surface area (Å²) in [6, 6.07) is 8.90. The highest BCUT2D eigenvalue weighted by Gasteiger charge is 2.21. The van der Waals surface area contributed by atoms with E-state index in [-0.39, 0.29) is 5.54 Å². The first-order valence-electron chi connectivity index (χ1n) is 6.48. The van der Waals surface area contributed by atoms with Crippen molar-refractivity contribution in [3.63, 3.8) is 0 Å². The molecule has 0 unspecified atom stereocenters. The van der Waals surface area contributed by atoms with Crippen molar-refractivity contribution in [2.75, 3.05) is 33.4 Å². The van der Waals surface area contributed by atoms with Crippen LogP contribution in [0.1, 0.15) is 19.4 Å². The van der Waals surface area contributed by atoms with Crippen LogP contribution in [0.3, 0.4) is 0 Å². The van der Waals surface area contributed by atoms with Crippen molar-refractivity contribution in [3.05, 3.63) is 29.8 Å². The molecule has 18 heavy (non-hydrogen) atoms. The molecule has 0 aromatic heterocycles. The van der Waals surface area contributed by atoms with E-state index in [1.165, 1.54) is 10.5 Å². The summed E-state index contributed by atoms with van der Waals surface area (Å²) in [7, 11) is 4.21. The topological polar surface area (TPSA) is 15.3 Å². The molecule has 2 nitrogen and oxygen atoms in total. The number of nitrogens with one attached hydrogen (secondary N) is 1. The zero-order chi connectivity index (χ0) is 13.6. The van der Waals surface area contributed by atoms with E-state index < -0.39 is 0 Å². The van der Waals surface area contributed by atoms with Crippen molar-refractivity contribution in [2.45, 2.75) is 30.7 Å². The van der Waals surface area contributed by atoms with Crippen LogP contribution < -0.4 is 5.32 Å². The van der Waals surface area contributed by atoms with E-state index in [2.05, 4.69) is 61.6 Å². The summed E-state index contributed by atoms with van der Waals surface area (Å²) in [6.45, 7) is 6.66. The average molecular weight is 266 g/mol. The molecule has 0 aliphatic rings. The van der Waals surface area contributed by atoms with Crippen molar-refractivity contribution in [1.29, 1.82) is 0 Å². The second-order valence-electron chi connectivity index (χ2n) is 5.36. The summed E-state index contributed by atoms with van der Waals surface area (Å²) in [4.78, 5) is 3.76. The Morgan fingerprint density at radius 3 is 2.33 bits per heavy atom. The van der Waals surface area contributed by atoms with Crippen LogP contribution in [-0.2, 0) is 6.42 Å². The molecule has 0 radical (unpaired) electrons. The van der Waals surface area contributed by atoms with Crippen molar-refractivity contribution in [3.8, 4) is 0 Å². The quantitative estimate of drug-likeness (QED) is 0.764. The highest BCUT2D eigenvalue weighted by molar-refractivity contribution is 7.98. The highest BCUT2D eigenvalue weighted by Crippen LogP contribution is 2.16. The molecule has 0 amide bonds. The number of nitrogens with zero attached hydrogens (tertiary/aromatic N) is 1. The van der Waals surface area contributed by atoms with Gasteiger partial charge in [-0.05, 0) is 58.3 Å². The van der Waals surface area contributed by atoms with Gasteiger partial charge in [-0.15, -0.1) is 11.8 Å². The fourth-order valence-corrected chi connectivity index (χ4v) is 2.37. The molecule has 0 saturated heterocycles. The van der Waals surface area contributed by atoms with E-state index in [9.17, 15) is 0 Å². The Kier molecular flexibility index (Phi) is 6.19. The van der Waals surface area contributed by atoms with Gasteiger partial charge in [-0.1, -0.05) is 12.1 Å². The van der Waals surface area contributed by atoms with Crippen LogP contribution in [-0.4, -0.2) is 43.9 Å². The molecule has 1 N–H and O–H groups in total. The maximum absolute atomic E-state index is 3.26. The SMILES string of the molecule is CNCC(C)(C)N(C)CCc1ccc(SC)cc1. The molecule has 1 rings (SSSR count). The fourth-order valence-electron chi connectivity index (χ4n) is 1.96. The maximum atomic E-state index is 3.26. The van der Waals surface area contributed by atoms with Gasteiger partial charge in [0.25, 0.3) is 0 Å². The van der Waals surface area contributed by atoms with E-state index in [4.69, 9.17) is 0 Å². The van der Waals surface area contributed by atoms with Crippen molar-refractivity contribution in [1.82, 2.24) is 10.2 Å². The molecule has 0 bridgehead atoms. The van der Waals surface area contributed by atoms with Crippen LogP contribution >= 0.6 is 11.8 Å². The standard InChI is InChI=1S/C15H26N2S/c1-15(2,12-16-3)17(4)11-10-13-6-8-14(18-5)9-7-13/h6-9,16H,10-12H2,1-5H3. The van der Waals surface area contributed by atoms with Gasteiger partial charge in [-0.3, -0.25) is 4.90 Å². The van der Waals surface area contributed by atoms with Gasteiger partial charge >= 0.3 is 0 Å². The summed E-state index contributed by atoms with van der Waals surface area (Å²) in [5.41, 5.74) is 1.62. The van der Waals surface area contributed by atoms with Crippen molar-refractivity contribution in [2.24, 2.45) is 0 Å². The predicted octanol–water partition coefficient (Wildman–Crippen LogP) is 2.88. The summed E-state index contributed by atoms with van der Waals surface area (Å²) >= 11 is 1.79. The zero-order valence-electron chi connectivity index (χ0n) is 12.3. The minimum absolute atomic E-state index is 0.202. The van der Waals surface area contributed by atoms with Crippen LogP contribution in [0.25, 0.3) is 0 Å². The van der Waals surface area contributed by atoms with Crippen LogP contribution in [0, 0.1) is 0 Å². The van der Waals surface area contributed by atoms with E-state index >= 15 is 0 Å². The number of hydrogen-bond donors (Lipinski definition) is 1. The summed E-state index contributed by atoms with van der Waals surface area (Å²) in [6.07, 6.45) is 3.22. The summed E-state index contributed by atoms with van der Waals surface area (Å²) in [5.74, 6) is 0. The molecule has 102 valence electrons. The Labute approximate surface area is 116 Å². The smallest absolute Gasteiger partial charge is 0.0274 e. The van der Waals surface area contributed by atoms with E-state index in [0.29, 0.717) is 0 Å². The van der Waals surface area contributed by atoms with Gasteiger partial charge in [-0.25, -0.2) is 0 Å². The lowest BCUT2D eigenvalue weighted by molar-refractivity contribution is 0.157. The molecular weight excluding hydrogens is 240 g/mol. The third-order valence-electron chi connectivity index (χ3n) is 3.54. The predicted molar refractivity (Wildman–Crippen MR) is 82.6 cm³/mol. The monoisotopic (exact) mass is 266 g/mol. The molecule has 3 heteroatoms. The van der Waals surface area contributed by atoms with Gasteiger partial charge in [0, 0.05) is 23.5 Å². The van der Waals surface area contributed by atoms with Gasteiger partial charge in [0.1, 0.15) is 0 Å². The van der Waals surface area contributed by atoms with Crippen molar-refractivity contribution < 1.29 is 0 Å². The van der Waals surface area contributed by atoms with E-state index in [1.54, 1.807) is 11.8 Å². The maximum Gasteiger partial charge on any atom is 0.0274 e. The number of rotatable bonds is 7. The summed E-state index contributed by atoms with van der Waals surface area (Å²) in [5, 5.41) is 3.26. The van der Waals surface area contributed by atoms with E-state index in [0.717, 1.165) is 19.5 Å². The fraction of sp³-hybridized carbons (Fsp3) is 0.600. The minimum atomic E-state index is 0.202. The lowest BCUT2D eigenvalue weighted by atomic mass is 10.0. The molecule has 1 aromatic carbocycles. The molecule has 0 aliphatic carbocycles. The Morgan fingerprint density at radius 2 is 1.83 bits per heavy atom. The lowest BCUT2D eigenvalue weighted by Gasteiger charge is -2.35. The second kappa shape index (κ2) is 7.17. The van der Waals surface area contributed by atoms with E-state index in [1.807, 2.05) is 7.05 Å². The third kappa shape index (κ3) is 4.63.